The van der Waals surface area contributed by atoms with Gasteiger partial charge in [-0.3, -0.25) is 23.9 Å². The molecule has 111 heavy (non-hydrogen) atoms. The topological polar surface area (TPSA) is 459 Å². The van der Waals surface area contributed by atoms with E-state index in [1.54, 1.807) is 39.0 Å². The number of amides is 10. The molecule has 0 radical (unpaired) electrons. The van der Waals surface area contributed by atoms with Gasteiger partial charge in [0.1, 0.15) is 41.1 Å². The molecule has 1 saturated heterocycles. The van der Waals surface area contributed by atoms with Gasteiger partial charge in [0.25, 0.3) is 15.9 Å². The number of hydrogen-bond acceptors (Lipinski definition) is 22. The van der Waals surface area contributed by atoms with Crippen LogP contribution in [0.2, 0.25) is 0 Å². The van der Waals surface area contributed by atoms with Gasteiger partial charge in [-0.25, -0.2) is 45.8 Å². The summed E-state index contributed by atoms with van der Waals surface area (Å²) in [5, 5.41) is 47.3. The quantitative estimate of drug-likeness (QED) is 0.0175. The van der Waals surface area contributed by atoms with E-state index >= 15 is 4.39 Å². The molecule has 4 bridgehead atoms. The van der Waals surface area contributed by atoms with Crippen molar-refractivity contribution < 1.29 is 158 Å². The molecule has 6 atom stereocenters. The van der Waals surface area contributed by atoms with Crippen molar-refractivity contribution in [2.24, 2.45) is 10.3 Å². The molecule has 0 spiro atoms. The zero-order valence-corrected chi connectivity index (χ0v) is 67.9. The van der Waals surface area contributed by atoms with Crippen LogP contribution in [0.1, 0.15) is 89.8 Å². The molecule has 3 heterocycles. The molecule has 0 saturated carbocycles. The Hall–Kier alpha value is -9.15. The molecule has 2 aliphatic rings. The Labute approximate surface area is 684 Å². The Morgan fingerprint density at radius 2 is 1.37 bits per heavy atom. The maximum absolute atomic E-state index is 15.2. The first-order valence-corrected chi connectivity index (χ1v) is 38.4. The van der Waals surface area contributed by atoms with E-state index < -0.39 is 134 Å². The largest absolute Gasteiger partial charge is 1.00 e. The van der Waals surface area contributed by atoms with Crippen LogP contribution in [0.5, 0.6) is 11.5 Å². The predicted molar refractivity (Wildman–Crippen MR) is 392 cm³/mol. The van der Waals surface area contributed by atoms with Gasteiger partial charge in [0.15, 0.2) is 5.82 Å². The zero-order chi connectivity index (χ0) is 78.8. The fraction of sp³-hybridized carbons (Fsp3) is 0.403. The monoisotopic (exact) mass is 1600 g/mol. The average molecular weight is 1600 g/mol. The van der Waals surface area contributed by atoms with Crippen LogP contribution in [0.25, 0.3) is 11.3 Å². The molecule has 33 nitrogen and oxygen atoms in total. The van der Waals surface area contributed by atoms with E-state index in [0.29, 0.717) is 48.5 Å². The van der Waals surface area contributed by atoms with Crippen LogP contribution in [0.4, 0.5) is 57.5 Å². The van der Waals surface area contributed by atoms with Crippen LogP contribution in [0.3, 0.4) is 0 Å². The molecule has 0 unspecified atom stereocenters. The maximum atomic E-state index is 15.2. The standard InChI is InChI=1S/C72H88F2N14O19S2.2Na/c1-6-23-75-70(97)81-50-11-8-13-54(38-50)109(101,102)86-51-12-7-10-46(35-51)57(39-62(90)91)83-72(99)80-49-18-16-48(17-19-49)79-71(98)76-24-28-104-30-32-105-31-29-103-26-22-61(89)82-58(40-63(92)93)68(96)88-25-9-14-59(88)66(94)84-64(43(2)3)67(95)87-108(5,100)42-45-33-52-37-53(34-45)107-44(4)21-27-106-60-36-47(73)15-20-55(60)65-56(74)41-77-69(78-52)85-65;;/h7-8,10-13,15-20,33-38,41,43-44,57-59,64,86H,6,9,14,21-32,39-40,42H2,1-5H3,(H,82,89)(H,84,94)(H,90,91)(H,92,93)(H2,75,81,97)(H2,76,79,98)(H,77,78,85)(H2,80,83,99);;/q;2*+1/p-2/t44-,57-,58+,59+,64+,108-;;/m1../s1. The van der Waals surface area contributed by atoms with Crippen molar-refractivity contribution >= 4 is 108 Å². The van der Waals surface area contributed by atoms with Gasteiger partial charge in [-0.15, -0.1) is 0 Å². The Morgan fingerprint density at radius 1 is 0.721 bits per heavy atom. The minimum absolute atomic E-state index is 0. The van der Waals surface area contributed by atoms with Gasteiger partial charge >= 0.3 is 77.2 Å². The number of anilines is 6. The second kappa shape index (κ2) is 44.2. The summed E-state index contributed by atoms with van der Waals surface area (Å²) in [7, 11) is -7.63. The number of likely N-dealkylation sites (tertiary alicyclic amines) is 1. The van der Waals surface area contributed by atoms with Gasteiger partial charge in [-0.1, -0.05) is 39.0 Å². The Morgan fingerprint density at radius 3 is 2.05 bits per heavy atom. The predicted octanol–water partition coefficient (Wildman–Crippen LogP) is -0.799. The smallest absolute Gasteiger partial charge is 0.550 e. The first kappa shape index (κ1) is 90.7. The van der Waals surface area contributed by atoms with Gasteiger partial charge in [0, 0.05) is 110 Å². The number of carboxylic acids is 2. The summed E-state index contributed by atoms with van der Waals surface area (Å²) in [5.74, 6) is -8.42. The number of fused-ring (bicyclic) bond motifs is 6. The van der Waals surface area contributed by atoms with Crippen molar-refractivity contribution in [1.82, 2.24) is 41.5 Å². The van der Waals surface area contributed by atoms with Gasteiger partial charge < -0.3 is 96.2 Å². The molecule has 6 aromatic rings. The number of benzene rings is 5. The first-order valence-electron chi connectivity index (χ1n) is 34.8. The normalized spacial score (nSPS) is 15.1. The Balaban J connectivity index is 0.00000961. The zero-order valence-electron chi connectivity index (χ0n) is 62.3. The van der Waals surface area contributed by atoms with Crippen molar-refractivity contribution in [1.29, 1.82) is 0 Å². The molecular formula is C72H86F2N14Na2O19S2. The molecular weight excluding hydrogens is 1510 g/mol. The van der Waals surface area contributed by atoms with Gasteiger partial charge in [0.2, 0.25) is 23.7 Å². The number of carbonyl (C=O) groups is 9. The second-order valence-corrected chi connectivity index (χ2v) is 29.7. The number of sulfonamides is 1. The third-order valence-corrected chi connectivity index (χ3v) is 19.2. The molecule has 2 aliphatic heterocycles. The summed E-state index contributed by atoms with van der Waals surface area (Å²) in [6, 6.07) is 18.5. The summed E-state index contributed by atoms with van der Waals surface area (Å²) in [4.78, 5) is 126. The Kier molecular flexibility index (Phi) is 36.1. The summed E-state index contributed by atoms with van der Waals surface area (Å²) in [6.45, 7) is 7.89. The summed E-state index contributed by atoms with van der Waals surface area (Å²) in [5.41, 5.74) is 1.90. The van der Waals surface area contributed by atoms with Crippen molar-refractivity contribution in [2.45, 2.75) is 114 Å². The van der Waals surface area contributed by atoms with Crippen LogP contribution in [-0.4, -0.2) is 178 Å². The van der Waals surface area contributed by atoms with Gasteiger partial charge in [0.05, 0.1) is 85.0 Å². The maximum Gasteiger partial charge on any atom is 1.00 e. The minimum Gasteiger partial charge on any atom is -0.550 e. The fourth-order valence-corrected chi connectivity index (χ4v) is 13.7. The van der Waals surface area contributed by atoms with Crippen molar-refractivity contribution in [3.8, 4) is 22.8 Å². The van der Waals surface area contributed by atoms with Crippen LogP contribution in [0, 0.1) is 17.6 Å². The molecule has 5 aromatic carbocycles. The molecule has 1 aromatic heterocycles. The number of aliphatic carboxylic acids is 2. The van der Waals surface area contributed by atoms with Crippen LogP contribution >= 0.6 is 0 Å². The molecule has 10 N–H and O–H groups in total. The second-order valence-electron chi connectivity index (χ2n) is 25.6. The van der Waals surface area contributed by atoms with Gasteiger partial charge in [-0.05, 0) is 122 Å². The minimum atomic E-state index is -4.21. The van der Waals surface area contributed by atoms with Crippen LogP contribution < -0.4 is 131 Å². The van der Waals surface area contributed by atoms with E-state index in [-0.39, 0.29) is 188 Å². The summed E-state index contributed by atoms with van der Waals surface area (Å²) >= 11 is 0. The van der Waals surface area contributed by atoms with Crippen molar-refractivity contribution in [3.63, 3.8) is 0 Å². The average Bonchev–Trinajstić information content (AvgIpc) is 1.11. The fourth-order valence-electron chi connectivity index (χ4n) is 11.2. The first-order chi connectivity index (χ1) is 52.0. The van der Waals surface area contributed by atoms with E-state index in [9.17, 15) is 70.4 Å². The number of ether oxygens (including phenoxy) is 5. The molecule has 586 valence electrons. The van der Waals surface area contributed by atoms with Crippen LogP contribution in [0.15, 0.2) is 125 Å². The molecule has 8 rings (SSSR count). The van der Waals surface area contributed by atoms with Crippen molar-refractivity contribution in [2.75, 3.05) is 98.1 Å². The SMILES string of the molecule is CCCNC(=O)Nc1cccc(S(=O)(=O)Nc2cccc([C@@H](CC(=O)[O-])NC(=O)Nc3ccc(NC(=O)NCCOCCOCCOCCC(=O)N[C@@H](CC(=O)[O-])C(=O)N4CCC[C@H]4C(=O)N[C@H](C(=O)N=[S@](C)(=O)Cc4cc5cc(c4)O[C@H](C)CCOc4cc(F)ccc4-c4nc(ncc4F)N5)C(C)C)cc3)c2)c1.[Na+].[Na+]. The number of nitrogens with one attached hydrogen (secondary N) is 10. The third-order valence-electron chi connectivity index (χ3n) is 16.4. The van der Waals surface area contributed by atoms with Crippen molar-refractivity contribution in [3.05, 3.63) is 138 Å². The summed E-state index contributed by atoms with van der Waals surface area (Å²) in [6.07, 6.45) is 1.30. The molecule has 1 fully saturated rings. The number of rotatable bonds is 34. The number of aromatic nitrogens is 2. The number of hydrogen-bond donors (Lipinski definition) is 10. The van der Waals surface area contributed by atoms with E-state index in [4.69, 9.17) is 23.7 Å². The van der Waals surface area contributed by atoms with E-state index in [1.165, 1.54) is 85.1 Å². The number of nitrogens with zero attached hydrogens (tertiary/aromatic N) is 4. The Bertz CT molecular complexity index is 4510. The number of carboxylic acid groups (broad SMARTS) is 2. The molecule has 0 aliphatic carbocycles. The van der Waals surface area contributed by atoms with Gasteiger partial charge in [-0.2, -0.15) is 4.36 Å². The molecule has 10 amide bonds. The van der Waals surface area contributed by atoms with Crippen LogP contribution in [-0.2, 0) is 68.5 Å². The van der Waals surface area contributed by atoms with E-state index in [1.807, 2.05) is 6.92 Å². The van der Waals surface area contributed by atoms with E-state index in [2.05, 4.69) is 66.9 Å². The summed E-state index contributed by atoms with van der Waals surface area (Å²) < 4.78 is 106. The van der Waals surface area contributed by atoms with E-state index in [0.717, 1.165) is 23.2 Å². The third kappa shape index (κ3) is 29.5. The number of halogens is 2. The molecule has 39 heteroatoms. The number of carbonyl (C=O) groups excluding carboxylic acids is 9. The number of urea groups is 3.